The third-order valence-corrected chi connectivity index (χ3v) is 5.76. The van der Waals surface area contributed by atoms with Crippen molar-refractivity contribution in [1.82, 2.24) is 4.31 Å². The molecule has 4 nitrogen and oxygen atoms in total. The van der Waals surface area contributed by atoms with Crippen LogP contribution in [-0.2, 0) is 16.6 Å². The van der Waals surface area contributed by atoms with E-state index in [4.69, 9.17) is 5.73 Å². The molecule has 1 aromatic carbocycles. The van der Waals surface area contributed by atoms with Gasteiger partial charge in [-0.25, -0.2) is 8.42 Å². The first-order chi connectivity index (χ1) is 9.36. The van der Waals surface area contributed by atoms with Gasteiger partial charge in [-0.05, 0) is 30.0 Å². The number of hydrogen-bond acceptors (Lipinski definition) is 3. The fourth-order valence-electron chi connectivity index (χ4n) is 2.14. The van der Waals surface area contributed by atoms with E-state index in [1.807, 2.05) is 19.9 Å². The van der Waals surface area contributed by atoms with Gasteiger partial charge in [-0.1, -0.05) is 39.3 Å². The fourth-order valence-corrected chi connectivity index (χ4v) is 3.92. The molecule has 5 heteroatoms. The minimum absolute atomic E-state index is 0.355. The quantitative estimate of drug-likeness (QED) is 0.841. The van der Waals surface area contributed by atoms with Crippen LogP contribution in [0, 0.1) is 12.8 Å². The topological polar surface area (TPSA) is 63.4 Å². The van der Waals surface area contributed by atoms with Crippen molar-refractivity contribution in [2.45, 2.75) is 45.6 Å². The highest BCUT2D eigenvalue weighted by Crippen LogP contribution is 2.22. The van der Waals surface area contributed by atoms with Crippen LogP contribution in [0.3, 0.4) is 0 Å². The predicted octanol–water partition coefficient (Wildman–Crippen LogP) is 2.51. The first kappa shape index (κ1) is 17.1. The molecule has 2 N–H and O–H groups in total. The maximum Gasteiger partial charge on any atom is 0.243 e. The molecular weight excluding hydrogens is 272 g/mol. The molecule has 1 unspecified atom stereocenters. The van der Waals surface area contributed by atoms with Gasteiger partial charge in [0.1, 0.15) is 0 Å². The van der Waals surface area contributed by atoms with Gasteiger partial charge in [0.2, 0.25) is 10.0 Å². The summed E-state index contributed by atoms with van der Waals surface area (Å²) >= 11 is 0. The van der Waals surface area contributed by atoms with Crippen LogP contribution in [0.15, 0.2) is 23.1 Å². The molecule has 0 heterocycles. The number of sulfonamides is 1. The van der Waals surface area contributed by atoms with Gasteiger partial charge in [-0.3, -0.25) is 0 Å². The highest BCUT2D eigenvalue weighted by atomic mass is 32.2. The summed E-state index contributed by atoms with van der Waals surface area (Å²) in [6.45, 7) is 9.32. The Morgan fingerprint density at radius 1 is 1.30 bits per heavy atom. The molecule has 1 atom stereocenters. The van der Waals surface area contributed by atoms with Crippen molar-refractivity contribution in [3.8, 4) is 0 Å². The van der Waals surface area contributed by atoms with Crippen LogP contribution in [0.25, 0.3) is 0 Å². The second-order valence-corrected chi connectivity index (χ2v) is 7.18. The zero-order valence-corrected chi connectivity index (χ0v) is 13.7. The molecule has 0 saturated heterocycles. The Balaban J connectivity index is 3.14. The van der Waals surface area contributed by atoms with Crippen LogP contribution >= 0.6 is 0 Å². The summed E-state index contributed by atoms with van der Waals surface area (Å²) in [6.07, 6.45) is 0.969. The van der Waals surface area contributed by atoms with E-state index in [0.717, 1.165) is 17.5 Å². The Morgan fingerprint density at radius 3 is 2.40 bits per heavy atom. The van der Waals surface area contributed by atoms with Gasteiger partial charge in [0.25, 0.3) is 0 Å². The molecule has 0 bridgehead atoms. The highest BCUT2D eigenvalue weighted by Gasteiger charge is 2.25. The van der Waals surface area contributed by atoms with E-state index >= 15 is 0 Å². The molecule has 0 spiro atoms. The fraction of sp³-hybridized carbons (Fsp3) is 0.600. The molecule has 0 aliphatic rings. The highest BCUT2D eigenvalue weighted by molar-refractivity contribution is 7.89. The van der Waals surface area contributed by atoms with Crippen LogP contribution in [0.1, 0.15) is 38.3 Å². The number of hydrogen-bond donors (Lipinski definition) is 1. The standard InChI is InChI=1S/C15H26N2O2S/c1-5-12(3)11-17(6-2)20(18,19)15-8-7-14(10-16)9-13(15)4/h7-9,12H,5-6,10-11,16H2,1-4H3. The summed E-state index contributed by atoms with van der Waals surface area (Å²) in [7, 11) is -3.42. The maximum atomic E-state index is 12.7. The lowest BCUT2D eigenvalue weighted by Crippen LogP contribution is -2.35. The van der Waals surface area contributed by atoms with Gasteiger partial charge in [0.15, 0.2) is 0 Å². The average molecular weight is 298 g/mol. The van der Waals surface area contributed by atoms with E-state index in [1.165, 1.54) is 0 Å². The Kier molecular flexibility index (Phi) is 6.17. The summed E-state index contributed by atoms with van der Waals surface area (Å²) in [6, 6.07) is 5.31. The summed E-state index contributed by atoms with van der Waals surface area (Å²) in [5.41, 5.74) is 7.30. The summed E-state index contributed by atoms with van der Waals surface area (Å²) in [5, 5.41) is 0. The van der Waals surface area contributed by atoms with Crippen LogP contribution in [-0.4, -0.2) is 25.8 Å². The lowest BCUT2D eigenvalue weighted by molar-refractivity contribution is 0.361. The molecule has 1 aromatic rings. The van der Waals surface area contributed by atoms with Crippen LogP contribution in [0.2, 0.25) is 0 Å². The van der Waals surface area contributed by atoms with E-state index in [9.17, 15) is 8.42 Å². The van der Waals surface area contributed by atoms with Gasteiger partial charge < -0.3 is 5.73 Å². The minimum atomic E-state index is -3.42. The van der Waals surface area contributed by atoms with E-state index in [-0.39, 0.29) is 0 Å². The molecular formula is C15H26N2O2S. The lowest BCUT2D eigenvalue weighted by atomic mass is 10.1. The second-order valence-electron chi connectivity index (χ2n) is 5.27. The summed E-state index contributed by atoms with van der Waals surface area (Å²) < 4.78 is 27.0. The number of aryl methyl sites for hydroxylation is 1. The van der Waals surface area contributed by atoms with E-state index < -0.39 is 10.0 Å². The molecule has 0 fully saturated rings. The van der Waals surface area contributed by atoms with Crippen molar-refractivity contribution in [1.29, 1.82) is 0 Å². The van der Waals surface area contributed by atoms with Gasteiger partial charge in [0.05, 0.1) is 4.90 Å². The first-order valence-corrected chi connectivity index (χ1v) is 8.60. The molecule has 1 rings (SSSR count). The molecule has 114 valence electrons. The Labute approximate surface area is 123 Å². The number of rotatable bonds is 7. The molecule has 0 aliphatic carbocycles. The SMILES string of the molecule is CCC(C)CN(CC)S(=O)(=O)c1ccc(CN)cc1C. The zero-order valence-electron chi connectivity index (χ0n) is 12.9. The Morgan fingerprint density at radius 2 is 1.95 bits per heavy atom. The summed E-state index contributed by atoms with van der Waals surface area (Å²) in [4.78, 5) is 0.389. The van der Waals surface area contributed by atoms with E-state index in [2.05, 4.69) is 13.8 Å². The van der Waals surface area contributed by atoms with Gasteiger partial charge >= 0.3 is 0 Å². The summed E-state index contributed by atoms with van der Waals surface area (Å²) in [5.74, 6) is 0.355. The molecule has 20 heavy (non-hydrogen) atoms. The monoisotopic (exact) mass is 298 g/mol. The molecule has 0 amide bonds. The Bertz CT molecular complexity index is 541. The Hall–Kier alpha value is -0.910. The van der Waals surface area contributed by atoms with Crippen molar-refractivity contribution in [3.05, 3.63) is 29.3 Å². The van der Waals surface area contributed by atoms with Crippen molar-refractivity contribution < 1.29 is 8.42 Å². The van der Waals surface area contributed by atoms with E-state index in [1.54, 1.807) is 16.4 Å². The maximum absolute atomic E-state index is 12.7. The predicted molar refractivity (Wildman–Crippen MR) is 83.0 cm³/mol. The van der Waals surface area contributed by atoms with Gasteiger partial charge in [0, 0.05) is 19.6 Å². The van der Waals surface area contributed by atoms with Crippen LogP contribution in [0.4, 0.5) is 0 Å². The smallest absolute Gasteiger partial charge is 0.243 e. The average Bonchev–Trinajstić information content (AvgIpc) is 2.43. The third-order valence-electron chi connectivity index (χ3n) is 3.66. The van der Waals surface area contributed by atoms with Crippen molar-refractivity contribution in [2.24, 2.45) is 11.7 Å². The minimum Gasteiger partial charge on any atom is -0.326 e. The lowest BCUT2D eigenvalue weighted by Gasteiger charge is -2.24. The first-order valence-electron chi connectivity index (χ1n) is 7.16. The van der Waals surface area contributed by atoms with Crippen LogP contribution < -0.4 is 5.73 Å². The third kappa shape index (κ3) is 3.81. The normalized spacial score (nSPS) is 13.7. The van der Waals surface area contributed by atoms with Crippen molar-refractivity contribution in [2.75, 3.05) is 13.1 Å². The number of nitrogens with two attached hydrogens (primary N) is 1. The molecule has 0 aromatic heterocycles. The largest absolute Gasteiger partial charge is 0.326 e. The van der Waals surface area contributed by atoms with Crippen molar-refractivity contribution in [3.63, 3.8) is 0 Å². The molecule has 0 saturated carbocycles. The van der Waals surface area contributed by atoms with E-state index in [0.29, 0.717) is 30.4 Å². The van der Waals surface area contributed by atoms with Gasteiger partial charge in [-0.2, -0.15) is 4.31 Å². The number of benzene rings is 1. The second kappa shape index (κ2) is 7.20. The zero-order chi connectivity index (χ0) is 15.3. The number of nitrogens with zero attached hydrogens (tertiary/aromatic N) is 1. The van der Waals surface area contributed by atoms with Gasteiger partial charge in [-0.15, -0.1) is 0 Å². The van der Waals surface area contributed by atoms with Crippen molar-refractivity contribution >= 4 is 10.0 Å². The van der Waals surface area contributed by atoms with Crippen LogP contribution in [0.5, 0.6) is 0 Å². The molecule has 0 aliphatic heterocycles. The molecule has 0 radical (unpaired) electrons.